The average Bonchev–Trinajstić information content (AvgIpc) is 2.76. The molecule has 31 heavy (non-hydrogen) atoms. The molecule has 1 saturated heterocycles. The third-order valence-corrected chi connectivity index (χ3v) is 7.17. The average molecular weight is 447 g/mol. The molecule has 10 heteroatoms. The zero-order chi connectivity index (χ0) is 22.4. The number of rotatable bonds is 8. The van der Waals surface area contributed by atoms with Crippen LogP contribution in [0.4, 0.5) is 11.4 Å². The van der Waals surface area contributed by atoms with E-state index in [1.807, 2.05) is 25.1 Å². The van der Waals surface area contributed by atoms with E-state index in [1.165, 1.54) is 22.5 Å². The van der Waals surface area contributed by atoms with Crippen molar-refractivity contribution in [3.8, 4) is 0 Å². The standard InChI is InChI=1S/C21H26N4O5S/c1-17-6-4-7-18(16-17)23-11-13-24(14-12-23)31(29,30)15-5-10-22-21(26)19-8-2-3-9-20(19)25(27)28/h2-4,6-9,16H,5,10-15H2,1H3,(H,22,26). The number of anilines is 1. The molecule has 1 heterocycles. The second kappa shape index (κ2) is 9.88. The van der Waals surface area contributed by atoms with Crippen LogP contribution in [-0.2, 0) is 10.0 Å². The van der Waals surface area contributed by atoms with Crippen LogP contribution >= 0.6 is 0 Å². The van der Waals surface area contributed by atoms with E-state index < -0.39 is 20.9 Å². The summed E-state index contributed by atoms with van der Waals surface area (Å²) in [6, 6.07) is 13.8. The Bertz CT molecular complexity index is 1050. The molecular formula is C21H26N4O5S. The maximum atomic E-state index is 12.6. The number of hydrogen-bond donors (Lipinski definition) is 1. The third kappa shape index (κ3) is 5.80. The van der Waals surface area contributed by atoms with Gasteiger partial charge in [-0.2, -0.15) is 4.31 Å². The zero-order valence-corrected chi connectivity index (χ0v) is 18.2. The smallest absolute Gasteiger partial charge is 0.282 e. The van der Waals surface area contributed by atoms with Crippen LogP contribution in [0.25, 0.3) is 0 Å². The highest BCUT2D eigenvalue weighted by molar-refractivity contribution is 7.89. The molecule has 1 N–H and O–H groups in total. The lowest BCUT2D eigenvalue weighted by Gasteiger charge is -2.35. The Morgan fingerprint density at radius 3 is 2.48 bits per heavy atom. The molecule has 0 saturated carbocycles. The molecule has 9 nitrogen and oxygen atoms in total. The number of carbonyl (C=O) groups is 1. The van der Waals surface area contributed by atoms with E-state index in [0.29, 0.717) is 26.2 Å². The number of nitrogens with zero attached hydrogens (tertiary/aromatic N) is 3. The highest BCUT2D eigenvalue weighted by Gasteiger charge is 2.27. The number of nitrogens with one attached hydrogen (secondary N) is 1. The number of amides is 1. The van der Waals surface area contributed by atoms with Crippen LogP contribution in [0.5, 0.6) is 0 Å². The minimum atomic E-state index is -3.43. The Balaban J connectivity index is 1.47. The molecule has 2 aromatic carbocycles. The summed E-state index contributed by atoms with van der Waals surface area (Å²) in [5, 5.41) is 13.6. The minimum Gasteiger partial charge on any atom is -0.369 e. The molecule has 1 aliphatic heterocycles. The van der Waals surface area contributed by atoms with E-state index in [4.69, 9.17) is 0 Å². The van der Waals surface area contributed by atoms with Gasteiger partial charge in [0.1, 0.15) is 5.56 Å². The van der Waals surface area contributed by atoms with Crippen LogP contribution in [0.2, 0.25) is 0 Å². The fourth-order valence-electron chi connectivity index (χ4n) is 3.55. The second-order valence-corrected chi connectivity index (χ2v) is 9.51. The van der Waals surface area contributed by atoms with Crippen molar-refractivity contribution in [2.24, 2.45) is 0 Å². The molecule has 0 aromatic heterocycles. The van der Waals surface area contributed by atoms with E-state index in [2.05, 4.69) is 16.3 Å². The van der Waals surface area contributed by atoms with Crippen LogP contribution in [0.15, 0.2) is 48.5 Å². The van der Waals surface area contributed by atoms with Crippen molar-refractivity contribution >= 4 is 27.3 Å². The van der Waals surface area contributed by atoms with E-state index in [-0.39, 0.29) is 30.0 Å². The maximum Gasteiger partial charge on any atom is 0.282 e. The highest BCUT2D eigenvalue weighted by Crippen LogP contribution is 2.19. The molecule has 0 bridgehead atoms. The van der Waals surface area contributed by atoms with Crippen LogP contribution in [0.1, 0.15) is 22.3 Å². The molecule has 1 fully saturated rings. The van der Waals surface area contributed by atoms with E-state index in [9.17, 15) is 23.3 Å². The number of nitro benzene ring substituents is 1. The van der Waals surface area contributed by atoms with Gasteiger partial charge >= 0.3 is 0 Å². The van der Waals surface area contributed by atoms with Gasteiger partial charge in [0.25, 0.3) is 11.6 Å². The van der Waals surface area contributed by atoms with Crippen LogP contribution in [0, 0.1) is 17.0 Å². The molecule has 0 aliphatic carbocycles. The number of benzene rings is 2. The van der Waals surface area contributed by atoms with Crippen molar-refractivity contribution in [2.75, 3.05) is 43.4 Å². The lowest BCUT2D eigenvalue weighted by molar-refractivity contribution is -0.385. The lowest BCUT2D eigenvalue weighted by atomic mass is 10.1. The summed E-state index contributed by atoms with van der Waals surface area (Å²) in [4.78, 5) is 24.8. The number of nitro groups is 1. The topological polar surface area (TPSA) is 113 Å². The quantitative estimate of drug-likeness (QED) is 0.378. The Morgan fingerprint density at radius 1 is 1.10 bits per heavy atom. The van der Waals surface area contributed by atoms with Gasteiger partial charge in [-0.25, -0.2) is 8.42 Å². The number of piperazine rings is 1. The molecule has 0 radical (unpaired) electrons. The Labute approximate surface area is 181 Å². The first-order chi connectivity index (χ1) is 14.8. The number of carbonyl (C=O) groups excluding carboxylic acids is 1. The number of hydrogen-bond acceptors (Lipinski definition) is 6. The summed E-state index contributed by atoms with van der Waals surface area (Å²) >= 11 is 0. The molecule has 0 unspecified atom stereocenters. The van der Waals surface area contributed by atoms with Crippen molar-refractivity contribution in [3.05, 3.63) is 69.8 Å². The highest BCUT2D eigenvalue weighted by atomic mass is 32.2. The fourth-order valence-corrected chi connectivity index (χ4v) is 5.04. The third-order valence-electron chi connectivity index (χ3n) is 5.21. The van der Waals surface area contributed by atoms with Gasteiger partial charge in [-0.15, -0.1) is 0 Å². The molecule has 2 aromatic rings. The van der Waals surface area contributed by atoms with Crippen LogP contribution < -0.4 is 10.2 Å². The van der Waals surface area contributed by atoms with Gasteiger partial charge in [0.2, 0.25) is 10.0 Å². The van der Waals surface area contributed by atoms with Crippen molar-refractivity contribution in [1.29, 1.82) is 0 Å². The number of sulfonamides is 1. The summed E-state index contributed by atoms with van der Waals surface area (Å²) in [5.74, 6) is -0.675. The van der Waals surface area contributed by atoms with Gasteiger partial charge < -0.3 is 10.2 Å². The van der Waals surface area contributed by atoms with Crippen molar-refractivity contribution in [1.82, 2.24) is 9.62 Å². The van der Waals surface area contributed by atoms with E-state index >= 15 is 0 Å². The SMILES string of the molecule is Cc1cccc(N2CCN(S(=O)(=O)CCCNC(=O)c3ccccc3[N+](=O)[O-])CC2)c1. The van der Waals surface area contributed by atoms with E-state index in [0.717, 1.165) is 11.3 Å². The molecule has 0 atom stereocenters. The van der Waals surface area contributed by atoms with Gasteiger partial charge in [-0.1, -0.05) is 24.3 Å². The van der Waals surface area contributed by atoms with Crippen LogP contribution in [-0.4, -0.2) is 62.0 Å². The normalized spacial score (nSPS) is 14.9. The Morgan fingerprint density at radius 2 is 1.81 bits per heavy atom. The second-order valence-electron chi connectivity index (χ2n) is 7.42. The van der Waals surface area contributed by atoms with Gasteiger partial charge in [0.15, 0.2) is 0 Å². The molecular weight excluding hydrogens is 420 g/mol. The van der Waals surface area contributed by atoms with Gasteiger partial charge in [0.05, 0.1) is 10.7 Å². The molecule has 3 rings (SSSR count). The molecule has 1 amide bonds. The van der Waals surface area contributed by atoms with Crippen molar-refractivity contribution in [2.45, 2.75) is 13.3 Å². The van der Waals surface area contributed by atoms with Crippen molar-refractivity contribution in [3.63, 3.8) is 0 Å². The summed E-state index contributed by atoms with van der Waals surface area (Å²) in [6.45, 7) is 4.22. The summed E-state index contributed by atoms with van der Waals surface area (Å²) in [6.07, 6.45) is 0.229. The first-order valence-corrected chi connectivity index (χ1v) is 11.7. The molecule has 1 aliphatic rings. The minimum absolute atomic E-state index is 0.0392. The lowest BCUT2D eigenvalue weighted by Crippen LogP contribution is -2.49. The van der Waals surface area contributed by atoms with Gasteiger partial charge in [0, 0.05) is 44.5 Å². The maximum absolute atomic E-state index is 12.6. The zero-order valence-electron chi connectivity index (χ0n) is 17.4. The summed E-state index contributed by atoms with van der Waals surface area (Å²) < 4.78 is 26.8. The first-order valence-electron chi connectivity index (χ1n) is 10.1. The predicted octanol–water partition coefficient (Wildman–Crippen LogP) is 2.18. The summed E-state index contributed by atoms with van der Waals surface area (Å²) in [5.41, 5.74) is 1.94. The fraction of sp³-hybridized carbons (Fsp3) is 0.381. The van der Waals surface area contributed by atoms with Crippen molar-refractivity contribution < 1.29 is 18.1 Å². The van der Waals surface area contributed by atoms with Gasteiger partial charge in [-0.3, -0.25) is 14.9 Å². The summed E-state index contributed by atoms with van der Waals surface area (Å²) in [7, 11) is -3.43. The largest absolute Gasteiger partial charge is 0.369 e. The van der Waals surface area contributed by atoms with Crippen LogP contribution in [0.3, 0.4) is 0 Å². The monoisotopic (exact) mass is 446 g/mol. The number of para-hydroxylation sites is 1. The predicted molar refractivity (Wildman–Crippen MR) is 119 cm³/mol. The Hall–Kier alpha value is -2.98. The van der Waals surface area contributed by atoms with E-state index in [1.54, 1.807) is 6.07 Å². The first kappa shape index (κ1) is 22.7. The number of aryl methyl sites for hydroxylation is 1. The Kier molecular flexibility index (Phi) is 7.24. The molecule has 166 valence electrons. The van der Waals surface area contributed by atoms with Gasteiger partial charge in [-0.05, 0) is 37.1 Å². The molecule has 0 spiro atoms.